The Labute approximate surface area is 103 Å². The fraction of sp³-hybridized carbons (Fsp3) is 0.500. The largest absolute Gasteiger partial charge is 0.494 e. The molecule has 0 saturated carbocycles. The van der Waals surface area contributed by atoms with Crippen molar-refractivity contribution >= 4 is 11.8 Å². The molecule has 17 heavy (non-hydrogen) atoms. The number of hydrogen-bond donors (Lipinski definition) is 0. The quantitative estimate of drug-likeness (QED) is 0.567. The van der Waals surface area contributed by atoms with Crippen molar-refractivity contribution < 1.29 is 17.9 Å². The van der Waals surface area contributed by atoms with Gasteiger partial charge in [-0.2, -0.15) is 13.2 Å². The summed E-state index contributed by atoms with van der Waals surface area (Å²) < 4.78 is 43.1. The average molecular weight is 264 g/mol. The normalized spacial score (nSPS) is 11.6. The van der Waals surface area contributed by atoms with Crippen LogP contribution in [0, 0.1) is 0 Å². The lowest BCUT2D eigenvalue weighted by Crippen LogP contribution is -2.06. The summed E-state index contributed by atoms with van der Waals surface area (Å²) in [6.07, 6.45) is -0.793. The lowest BCUT2D eigenvalue weighted by molar-refractivity contribution is -0.137. The molecule has 0 aliphatic carbocycles. The average Bonchev–Trinajstić information content (AvgIpc) is 2.28. The van der Waals surface area contributed by atoms with E-state index < -0.39 is 11.7 Å². The number of ether oxygens (including phenoxy) is 1. The molecule has 0 atom stereocenters. The van der Waals surface area contributed by atoms with Gasteiger partial charge in [0.05, 0.1) is 12.2 Å². The number of hydrogen-bond acceptors (Lipinski definition) is 2. The van der Waals surface area contributed by atoms with Crippen LogP contribution in [0.2, 0.25) is 0 Å². The minimum Gasteiger partial charge on any atom is -0.494 e. The first kappa shape index (κ1) is 14.2. The maximum absolute atomic E-state index is 12.6. The van der Waals surface area contributed by atoms with E-state index >= 15 is 0 Å². The van der Waals surface area contributed by atoms with Crippen molar-refractivity contribution in [2.45, 2.75) is 30.8 Å². The van der Waals surface area contributed by atoms with E-state index in [0.29, 0.717) is 11.5 Å². The summed E-state index contributed by atoms with van der Waals surface area (Å²) in [5, 5.41) is 0. The molecule has 96 valence electrons. The molecule has 0 aromatic heterocycles. The van der Waals surface area contributed by atoms with E-state index in [1.807, 2.05) is 6.92 Å². The van der Waals surface area contributed by atoms with Gasteiger partial charge < -0.3 is 4.74 Å². The van der Waals surface area contributed by atoms with Gasteiger partial charge in [0.15, 0.2) is 0 Å². The molecule has 1 nitrogen and oxygen atoms in total. The minimum atomic E-state index is -4.32. The molecule has 0 aliphatic heterocycles. The molecule has 0 spiro atoms. The molecule has 0 unspecified atom stereocenters. The Bertz CT molecular complexity index is 363. The van der Waals surface area contributed by atoms with Crippen LogP contribution in [0.5, 0.6) is 5.75 Å². The van der Waals surface area contributed by atoms with Gasteiger partial charge >= 0.3 is 6.18 Å². The summed E-state index contributed by atoms with van der Waals surface area (Å²) in [7, 11) is 0. The van der Waals surface area contributed by atoms with Gasteiger partial charge in [-0.15, -0.1) is 11.8 Å². The summed E-state index contributed by atoms with van der Waals surface area (Å²) in [6, 6.07) is 3.82. The van der Waals surface area contributed by atoms with Crippen LogP contribution in [0.25, 0.3) is 0 Å². The summed E-state index contributed by atoms with van der Waals surface area (Å²) >= 11 is 1.27. The predicted molar refractivity (Wildman–Crippen MR) is 63.6 cm³/mol. The summed E-state index contributed by atoms with van der Waals surface area (Å²) in [5.41, 5.74) is -0.657. The van der Waals surface area contributed by atoms with Gasteiger partial charge in [0, 0.05) is 4.90 Å². The number of unbranched alkanes of at least 4 members (excludes halogenated alkanes) is 1. The Morgan fingerprint density at radius 3 is 2.47 bits per heavy atom. The van der Waals surface area contributed by atoms with E-state index in [-0.39, 0.29) is 5.75 Å². The fourth-order valence-corrected chi connectivity index (χ4v) is 1.75. The molecule has 0 radical (unpaired) electrons. The van der Waals surface area contributed by atoms with Gasteiger partial charge in [0.1, 0.15) is 5.75 Å². The molecular weight excluding hydrogens is 249 g/mol. The number of halogens is 3. The van der Waals surface area contributed by atoms with Gasteiger partial charge in [-0.1, -0.05) is 13.3 Å². The van der Waals surface area contributed by atoms with E-state index in [1.54, 1.807) is 12.3 Å². The summed E-state index contributed by atoms with van der Waals surface area (Å²) in [4.78, 5) is 0.561. The summed E-state index contributed by atoms with van der Waals surface area (Å²) in [5.74, 6) is 0.289. The first-order chi connectivity index (χ1) is 7.97. The zero-order valence-electron chi connectivity index (χ0n) is 9.80. The standard InChI is InChI=1S/C12H15F3OS/c1-3-4-5-16-10-6-9(12(13,14)15)7-11(8-10)17-2/h6-8H,3-5H2,1-2H3. The third kappa shape index (κ3) is 4.50. The van der Waals surface area contributed by atoms with E-state index in [9.17, 15) is 13.2 Å². The molecular formula is C12H15F3OS. The maximum atomic E-state index is 12.6. The second-order valence-electron chi connectivity index (χ2n) is 3.60. The molecule has 0 amide bonds. The topological polar surface area (TPSA) is 9.23 Å². The highest BCUT2D eigenvalue weighted by molar-refractivity contribution is 7.98. The number of rotatable bonds is 5. The van der Waals surface area contributed by atoms with Crippen LogP contribution in [-0.4, -0.2) is 12.9 Å². The lowest BCUT2D eigenvalue weighted by Gasteiger charge is -2.12. The predicted octanol–water partition coefficient (Wildman–Crippen LogP) is 4.61. The molecule has 0 fully saturated rings. The van der Waals surface area contributed by atoms with Crippen LogP contribution in [0.3, 0.4) is 0 Å². The van der Waals surface area contributed by atoms with Gasteiger partial charge in [-0.05, 0) is 30.9 Å². The Morgan fingerprint density at radius 1 is 1.24 bits per heavy atom. The van der Waals surface area contributed by atoms with E-state index in [1.165, 1.54) is 11.8 Å². The SMILES string of the molecule is CCCCOc1cc(SC)cc(C(F)(F)F)c1. The van der Waals surface area contributed by atoms with Crippen LogP contribution in [0.4, 0.5) is 13.2 Å². The third-order valence-corrected chi connectivity index (χ3v) is 2.92. The van der Waals surface area contributed by atoms with Crippen molar-refractivity contribution in [3.05, 3.63) is 23.8 Å². The van der Waals surface area contributed by atoms with Crippen LogP contribution in [-0.2, 0) is 6.18 Å². The first-order valence-electron chi connectivity index (χ1n) is 5.36. The Balaban J connectivity index is 2.89. The molecule has 5 heteroatoms. The monoisotopic (exact) mass is 264 g/mol. The van der Waals surface area contributed by atoms with E-state index in [4.69, 9.17) is 4.74 Å². The summed E-state index contributed by atoms with van der Waals surface area (Å²) in [6.45, 7) is 2.45. The van der Waals surface area contributed by atoms with Crippen LogP contribution in [0.1, 0.15) is 25.3 Å². The van der Waals surface area contributed by atoms with Gasteiger partial charge in [0.25, 0.3) is 0 Å². The molecule has 1 aromatic carbocycles. The molecule has 0 aliphatic rings. The molecule has 0 bridgehead atoms. The molecule has 0 heterocycles. The smallest absolute Gasteiger partial charge is 0.416 e. The van der Waals surface area contributed by atoms with Crippen molar-refractivity contribution in [1.82, 2.24) is 0 Å². The minimum absolute atomic E-state index is 0.289. The highest BCUT2D eigenvalue weighted by atomic mass is 32.2. The fourth-order valence-electron chi connectivity index (χ4n) is 1.27. The van der Waals surface area contributed by atoms with Crippen LogP contribution < -0.4 is 4.74 Å². The maximum Gasteiger partial charge on any atom is 0.416 e. The van der Waals surface area contributed by atoms with Crippen molar-refractivity contribution in [2.75, 3.05) is 12.9 Å². The van der Waals surface area contributed by atoms with Gasteiger partial charge in [-0.25, -0.2) is 0 Å². The van der Waals surface area contributed by atoms with Gasteiger partial charge in [-0.3, -0.25) is 0 Å². The first-order valence-corrected chi connectivity index (χ1v) is 6.59. The van der Waals surface area contributed by atoms with Crippen LogP contribution in [0.15, 0.2) is 23.1 Å². The Morgan fingerprint density at radius 2 is 1.94 bits per heavy atom. The zero-order chi connectivity index (χ0) is 12.9. The van der Waals surface area contributed by atoms with Gasteiger partial charge in [0.2, 0.25) is 0 Å². The van der Waals surface area contributed by atoms with Crippen molar-refractivity contribution in [2.24, 2.45) is 0 Å². The third-order valence-electron chi connectivity index (χ3n) is 2.21. The lowest BCUT2D eigenvalue weighted by atomic mass is 10.2. The number of benzene rings is 1. The molecule has 1 rings (SSSR count). The zero-order valence-corrected chi connectivity index (χ0v) is 10.6. The highest BCUT2D eigenvalue weighted by Crippen LogP contribution is 2.34. The molecule has 0 N–H and O–H groups in total. The highest BCUT2D eigenvalue weighted by Gasteiger charge is 2.31. The van der Waals surface area contributed by atoms with E-state index in [0.717, 1.165) is 25.0 Å². The molecule has 0 saturated heterocycles. The van der Waals surface area contributed by atoms with E-state index in [2.05, 4.69) is 0 Å². The second-order valence-corrected chi connectivity index (χ2v) is 4.48. The molecule has 1 aromatic rings. The Hall–Kier alpha value is -0.840. The number of thioether (sulfide) groups is 1. The second kappa shape index (κ2) is 6.19. The van der Waals surface area contributed by atoms with Crippen molar-refractivity contribution in [3.8, 4) is 5.75 Å². The van der Waals surface area contributed by atoms with Crippen molar-refractivity contribution in [3.63, 3.8) is 0 Å². The number of alkyl halides is 3. The van der Waals surface area contributed by atoms with Crippen LogP contribution >= 0.6 is 11.8 Å². The Kier molecular flexibility index (Phi) is 5.18. The van der Waals surface area contributed by atoms with Crippen molar-refractivity contribution in [1.29, 1.82) is 0 Å².